The fourth-order valence-corrected chi connectivity index (χ4v) is 1.52. The van der Waals surface area contributed by atoms with Crippen LogP contribution in [0.15, 0.2) is 18.2 Å². The standard InChI is InChI=1S/C8H11FN2O2S/c1-2-6-3-4-7(5-8(6)9)11-14(10,12)13/h3-5,11H,2H2,1H3,(H2,10,12,13). The minimum absolute atomic E-state index is 0.127. The van der Waals surface area contributed by atoms with E-state index in [1.54, 1.807) is 0 Å². The second-order valence-corrected chi connectivity index (χ2v) is 4.10. The maximum Gasteiger partial charge on any atom is 0.296 e. The molecule has 0 fully saturated rings. The van der Waals surface area contributed by atoms with Gasteiger partial charge >= 0.3 is 0 Å². The normalized spacial score (nSPS) is 11.4. The smallest absolute Gasteiger partial charge is 0.271 e. The maximum absolute atomic E-state index is 13.1. The van der Waals surface area contributed by atoms with Gasteiger partial charge in [-0.05, 0) is 24.1 Å². The molecule has 0 unspecified atom stereocenters. The summed E-state index contributed by atoms with van der Waals surface area (Å²) >= 11 is 0. The molecule has 0 aromatic heterocycles. The summed E-state index contributed by atoms with van der Waals surface area (Å²) < 4.78 is 36.4. The van der Waals surface area contributed by atoms with E-state index in [0.717, 1.165) is 6.07 Å². The summed E-state index contributed by atoms with van der Waals surface area (Å²) in [6.07, 6.45) is 0.557. The molecule has 6 heteroatoms. The van der Waals surface area contributed by atoms with Crippen molar-refractivity contribution in [2.75, 3.05) is 4.72 Å². The molecule has 1 rings (SSSR count). The molecule has 0 amide bonds. The Labute approximate surface area is 82.1 Å². The largest absolute Gasteiger partial charge is 0.296 e. The Hall–Kier alpha value is -1.14. The molecule has 0 aliphatic carbocycles. The van der Waals surface area contributed by atoms with Crippen LogP contribution in [0, 0.1) is 5.82 Å². The molecule has 0 atom stereocenters. The second-order valence-electron chi connectivity index (χ2n) is 2.81. The van der Waals surface area contributed by atoms with E-state index in [4.69, 9.17) is 5.14 Å². The average Bonchev–Trinajstić information content (AvgIpc) is 2.01. The van der Waals surface area contributed by atoms with Crippen molar-refractivity contribution < 1.29 is 12.8 Å². The van der Waals surface area contributed by atoms with Gasteiger partial charge in [-0.1, -0.05) is 13.0 Å². The van der Waals surface area contributed by atoms with E-state index in [0.29, 0.717) is 12.0 Å². The highest BCUT2D eigenvalue weighted by atomic mass is 32.2. The van der Waals surface area contributed by atoms with Gasteiger partial charge in [0.25, 0.3) is 10.2 Å². The number of benzene rings is 1. The summed E-state index contributed by atoms with van der Waals surface area (Å²) in [6, 6.07) is 4.08. The minimum Gasteiger partial charge on any atom is -0.271 e. The Morgan fingerprint density at radius 3 is 2.57 bits per heavy atom. The van der Waals surface area contributed by atoms with Crippen LogP contribution in [0.1, 0.15) is 12.5 Å². The first-order valence-electron chi connectivity index (χ1n) is 4.01. The Morgan fingerprint density at radius 2 is 2.14 bits per heavy atom. The van der Waals surface area contributed by atoms with Crippen LogP contribution < -0.4 is 9.86 Å². The molecule has 78 valence electrons. The van der Waals surface area contributed by atoms with Crippen molar-refractivity contribution in [1.29, 1.82) is 0 Å². The fraction of sp³-hybridized carbons (Fsp3) is 0.250. The summed E-state index contributed by atoms with van der Waals surface area (Å²) in [6.45, 7) is 1.81. The Morgan fingerprint density at radius 1 is 1.50 bits per heavy atom. The van der Waals surface area contributed by atoms with Gasteiger partial charge in [0.2, 0.25) is 0 Å². The number of aryl methyl sites for hydroxylation is 1. The summed E-state index contributed by atoms with van der Waals surface area (Å²) in [4.78, 5) is 0. The third-order valence-electron chi connectivity index (χ3n) is 1.69. The van der Waals surface area contributed by atoms with Crippen molar-refractivity contribution in [2.24, 2.45) is 5.14 Å². The van der Waals surface area contributed by atoms with Crippen molar-refractivity contribution in [2.45, 2.75) is 13.3 Å². The highest BCUT2D eigenvalue weighted by Gasteiger charge is 2.05. The SMILES string of the molecule is CCc1ccc(NS(N)(=O)=O)cc1F. The number of hydrogen-bond donors (Lipinski definition) is 2. The molecule has 0 bridgehead atoms. The first-order chi connectivity index (χ1) is 6.42. The van der Waals surface area contributed by atoms with Crippen LogP contribution in [-0.2, 0) is 16.6 Å². The van der Waals surface area contributed by atoms with Gasteiger partial charge in [-0.25, -0.2) is 9.53 Å². The summed E-state index contributed by atoms with van der Waals surface area (Å²) in [5, 5.41) is 4.73. The Bertz CT molecular complexity index is 431. The molecule has 0 spiro atoms. The third-order valence-corrected chi connectivity index (χ3v) is 2.21. The predicted octanol–water partition coefficient (Wildman–Crippen LogP) is 1.00. The lowest BCUT2D eigenvalue weighted by Gasteiger charge is -2.05. The lowest BCUT2D eigenvalue weighted by molar-refractivity contribution is 0.602. The zero-order chi connectivity index (χ0) is 10.8. The van der Waals surface area contributed by atoms with E-state index >= 15 is 0 Å². The van der Waals surface area contributed by atoms with Crippen molar-refractivity contribution in [1.82, 2.24) is 0 Å². The molecule has 0 saturated carbocycles. The maximum atomic E-state index is 13.1. The van der Waals surface area contributed by atoms with Crippen LogP contribution in [0.2, 0.25) is 0 Å². The van der Waals surface area contributed by atoms with Gasteiger partial charge in [-0.2, -0.15) is 8.42 Å². The topological polar surface area (TPSA) is 72.2 Å². The lowest BCUT2D eigenvalue weighted by Crippen LogP contribution is -2.21. The lowest BCUT2D eigenvalue weighted by atomic mass is 10.1. The number of nitrogens with two attached hydrogens (primary N) is 1. The number of nitrogens with one attached hydrogen (secondary N) is 1. The van der Waals surface area contributed by atoms with E-state index in [9.17, 15) is 12.8 Å². The average molecular weight is 218 g/mol. The summed E-state index contributed by atoms with van der Waals surface area (Å²) in [5.41, 5.74) is 0.659. The fourth-order valence-electron chi connectivity index (χ4n) is 1.06. The first kappa shape index (κ1) is 10.9. The summed E-state index contributed by atoms with van der Waals surface area (Å²) in [5.74, 6) is -0.443. The number of anilines is 1. The minimum atomic E-state index is -3.83. The van der Waals surface area contributed by atoms with Gasteiger partial charge < -0.3 is 0 Å². The predicted molar refractivity (Wildman–Crippen MR) is 52.5 cm³/mol. The second kappa shape index (κ2) is 3.93. The van der Waals surface area contributed by atoms with Crippen molar-refractivity contribution in [3.8, 4) is 0 Å². The highest BCUT2D eigenvalue weighted by Crippen LogP contribution is 2.15. The molecular weight excluding hydrogens is 207 g/mol. The van der Waals surface area contributed by atoms with E-state index < -0.39 is 16.0 Å². The Kier molecular flexibility index (Phi) is 3.07. The number of halogens is 1. The number of rotatable bonds is 3. The van der Waals surface area contributed by atoms with Gasteiger partial charge in [0, 0.05) is 0 Å². The van der Waals surface area contributed by atoms with Crippen LogP contribution >= 0.6 is 0 Å². The van der Waals surface area contributed by atoms with Crippen molar-refractivity contribution >= 4 is 15.9 Å². The van der Waals surface area contributed by atoms with Crippen molar-refractivity contribution in [3.05, 3.63) is 29.6 Å². The van der Waals surface area contributed by atoms with Gasteiger partial charge in [0.15, 0.2) is 0 Å². The van der Waals surface area contributed by atoms with E-state index in [-0.39, 0.29) is 5.69 Å². The molecule has 0 aliphatic rings. The molecule has 14 heavy (non-hydrogen) atoms. The molecule has 0 aliphatic heterocycles. The molecule has 0 radical (unpaired) electrons. The van der Waals surface area contributed by atoms with Crippen LogP contribution in [0.5, 0.6) is 0 Å². The van der Waals surface area contributed by atoms with Crippen molar-refractivity contribution in [3.63, 3.8) is 0 Å². The molecule has 1 aromatic rings. The van der Waals surface area contributed by atoms with E-state index in [2.05, 4.69) is 0 Å². The van der Waals surface area contributed by atoms with Crippen LogP contribution in [0.25, 0.3) is 0 Å². The first-order valence-corrected chi connectivity index (χ1v) is 5.56. The third kappa shape index (κ3) is 2.97. The quantitative estimate of drug-likeness (QED) is 0.794. The highest BCUT2D eigenvalue weighted by molar-refractivity contribution is 7.90. The molecule has 4 nitrogen and oxygen atoms in total. The zero-order valence-electron chi connectivity index (χ0n) is 7.62. The van der Waals surface area contributed by atoms with Gasteiger partial charge in [0.05, 0.1) is 5.69 Å². The van der Waals surface area contributed by atoms with Crippen LogP contribution in [-0.4, -0.2) is 8.42 Å². The van der Waals surface area contributed by atoms with E-state index in [1.165, 1.54) is 12.1 Å². The zero-order valence-corrected chi connectivity index (χ0v) is 8.44. The molecule has 0 heterocycles. The monoisotopic (exact) mass is 218 g/mol. The van der Waals surface area contributed by atoms with Gasteiger partial charge in [-0.15, -0.1) is 0 Å². The number of hydrogen-bond acceptors (Lipinski definition) is 2. The van der Waals surface area contributed by atoms with Crippen LogP contribution in [0.4, 0.5) is 10.1 Å². The molecule has 1 aromatic carbocycles. The Balaban J connectivity index is 2.98. The summed E-state index contributed by atoms with van der Waals surface area (Å²) in [7, 11) is -3.83. The molecule has 3 N–H and O–H groups in total. The van der Waals surface area contributed by atoms with Gasteiger partial charge in [-0.3, -0.25) is 4.72 Å². The van der Waals surface area contributed by atoms with Gasteiger partial charge in [0.1, 0.15) is 5.82 Å². The molecule has 0 saturated heterocycles. The van der Waals surface area contributed by atoms with E-state index in [1.807, 2.05) is 11.6 Å². The van der Waals surface area contributed by atoms with Crippen LogP contribution in [0.3, 0.4) is 0 Å². The molecular formula is C8H11FN2O2S.